The summed E-state index contributed by atoms with van der Waals surface area (Å²) in [7, 11) is 1.73. The first kappa shape index (κ1) is 15.4. The highest BCUT2D eigenvalue weighted by Gasteiger charge is 2.55. The summed E-state index contributed by atoms with van der Waals surface area (Å²) < 4.78 is 5.47. The van der Waals surface area contributed by atoms with E-state index in [1.54, 1.807) is 7.11 Å². The Morgan fingerprint density at radius 3 is 2.44 bits per heavy atom. The van der Waals surface area contributed by atoms with E-state index in [2.05, 4.69) is 33.0 Å². The molecule has 0 bridgehead atoms. The van der Waals surface area contributed by atoms with E-state index in [9.17, 15) is 4.79 Å². The Bertz CT molecular complexity index is 304. The summed E-state index contributed by atoms with van der Waals surface area (Å²) >= 11 is 0. The molecule has 0 spiro atoms. The maximum Gasteiger partial charge on any atom is 0.237 e. The average molecular weight is 256 g/mol. The van der Waals surface area contributed by atoms with Crippen molar-refractivity contribution in [3.63, 3.8) is 0 Å². The van der Waals surface area contributed by atoms with Crippen LogP contribution in [0, 0.1) is 17.3 Å². The SMILES string of the molecule is CCC(C)C(N)C(=O)NC1C(C)C(OC)C1(C)C. The first-order valence-corrected chi connectivity index (χ1v) is 6.86. The highest BCUT2D eigenvalue weighted by molar-refractivity contribution is 5.82. The van der Waals surface area contributed by atoms with Gasteiger partial charge < -0.3 is 15.8 Å². The molecule has 0 aromatic carbocycles. The maximum absolute atomic E-state index is 12.1. The summed E-state index contributed by atoms with van der Waals surface area (Å²) in [4.78, 5) is 12.1. The molecule has 1 aliphatic rings. The molecule has 1 aliphatic carbocycles. The predicted molar refractivity (Wildman–Crippen MR) is 73.1 cm³/mol. The highest BCUT2D eigenvalue weighted by atomic mass is 16.5. The minimum atomic E-state index is -0.417. The molecule has 4 nitrogen and oxygen atoms in total. The van der Waals surface area contributed by atoms with Gasteiger partial charge in [-0.2, -0.15) is 0 Å². The molecule has 0 aromatic heterocycles. The quantitative estimate of drug-likeness (QED) is 0.784. The monoisotopic (exact) mass is 256 g/mol. The van der Waals surface area contributed by atoms with Crippen molar-refractivity contribution in [1.82, 2.24) is 5.32 Å². The molecule has 1 amide bonds. The number of methoxy groups -OCH3 is 1. The van der Waals surface area contributed by atoms with E-state index in [0.717, 1.165) is 6.42 Å². The van der Waals surface area contributed by atoms with E-state index < -0.39 is 6.04 Å². The summed E-state index contributed by atoms with van der Waals surface area (Å²) in [6.45, 7) is 10.4. The molecule has 0 heterocycles. The van der Waals surface area contributed by atoms with Crippen molar-refractivity contribution in [2.45, 2.75) is 59.2 Å². The Hall–Kier alpha value is -0.610. The third kappa shape index (κ3) is 2.54. The number of hydrogen-bond acceptors (Lipinski definition) is 3. The molecule has 0 radical (unpaired) electrons. The van der Waals surface area contributed by atoms with Crippen molar-refractivity contribution < 1.29 is 9.53 Å². The van der Waals surface area contributed by atoms with Crippen LogP contribution in [0.5, 0.6) is 0 Å². The first-order valence-electron chi connectivity index (χ1n) is 6.86. The zero-order valence-corrected chi connectivity index (χ0v) is 12.5. The van der Waals surface area contributed by atoms with E-state index in [-0.39, 0.29) is 29.4 Å². The lowest BCUT2D eigenvalue weighted by Gasteiger charge is -2.56. The van der Waals surface area contributed by atoms with Crippen LogP contribution in [0.25, 0.3) is 0 Å². The molecule has 18 heavy (non-hydrogen) atoms. The Kier molecular flexibility index (Phi) is 4.78. The summed E-state index contributed by atoms with van der Waals surface area (Å²) in [6, 6.07) is -0.273. The fourth-order valence-electron chi connectivity index (χ4n) is 3.19. The molecule has 106 valence electrons. The molecular weight excluding hydrogens is 228 g/mol. The fraction of sp³-hybridized carbons (Fsp3) is 0.929. The molecule has 0 saturated heterocycles. The smallest absolute Gasteiger partial charge is 0.237 e. The largest absolute Gasteiger partial charge is 0.380 e. The molecule has 1 saturated carbocycles. The standard InChI is InChI=1S/C14H28N2O2/c1-7-8(2)10(15)13(17)16-11-9(3)12(18-6)14(11,4)5/h8-12H,7,15H2,1-6H3,(H,16,17). The van der Waals surface area contributed by atoms with Crippen LogP contribution in [-0.4, -0.2) is 31.2 Å². The maximum atomic E-state index is 12.1. The van der Waals surface area contributed by atoms with Crippen LogP contribution in [-0.2, 0) is 9.53 Å². The number of hydrogen-bond donors (Lipinski definition) is 2. The van der Waals surface area contributed by atoms with Crippen molar-refractivity contribution in [2.24, 2.45) is 23.0 Å². The number of rotatable bonds is 5. The van der Waals surface area contributed by atoms with Crippen molar-refractivity contribution in [3.05, 3.63) is 0 Å². The van der Waals surface area contributed by atoms with E-state index in [0.29, 0.717) is 5.92 Å². The second-order valence-electron chi connectivity index (χ2n) is 6.23. The van der Waals surface area contributed by atoms with Gasteiger partial charge in [0.25, 0.3) is 0 Å². The Balaban J connectivity index is 2.61. The lowest BCUT2D eigenvalue weighted by molar-refractivity contribution is -0.155. The van der Waals surface area contributed by atoms with Crippen molar-refractivity contribution in [2.75, 3.05) is 7.11 Å². The summed E-state index contributed by atoms with van der Waals surface area (Å²) in [6.07, 6.45) is 1.11. The van der Waals surface area contributed by atoms with Gasteiger partial charge in [0, 0.05) is 24.5 Å². The molecule has 1 rings (SSSR count). The Morgan fingerprint density at radius 1 is 1.50 bits per heavy atom. The average Bonchev–Trinajstić information content (AvgIpc) is 2.33. The minimum absolute atomic E-state index is 0.0288. The highest BCUT2D eigenvalue weighted by Crippen LogP contribution is 2.46. The number of nitrogens with two attached hydrogens (primary N) is 1. The van der Waals surface area contributed by atoms with Gasteiger partial charge in [0.2, 0.25) is 5.91 Å². The second-order valence-corrected chi connectivity index (χ2v) is 6.23. The number of carbonyl (C=O) groups excluding carboxylic acids is 1. The van der Waals surface area contributed by atoms with Gasteiger partial charge >= 0.3 is 0 Å². The van der Waals surface area contributed by atoms with Gasteiger partial charge in [0.05, 0.1) is 12.1 Å². The van der Waals surface area contributed by atoms with Crippen molar-refractivity contribution in [1.29, 1.82) is 0 Å². The van der Waals surface area contributed by atoms with Crippen LogP contribution in [0.2, 0.25) is 0 Å². The second kappa shape index (κ2) is 5.57. The van der Waals surface area contributed by atoms with Crippen LogP contribution in [0.4, 0.5) is 0 Å². The molecule has 0 aliphatic heterocycles. The van der Waals surface area contributed by atoms with Crippen LogP contribution >= 0.6 is 0 Å². The minimum Gasteiger partial charge on any atom is -0.380 e. The van der Waals surface area contributed by atoms with E-state index in [1.807, 2.05) is 6.92 Å². The predicted octanol–water partition coefficient (Wildman–Crippen LogP) is 1.54. The molecule has 1 fully saturated rings. The van der Waals surface area contributed by atoms with Crippen LogP contribution < -0.4 is 11.1 Å². The summed E-state index contributed by atoms with van der Waals surface area (Å²) in [5, 5.41) is 3.09. The van der Waals surface area contributed by atoms with Crippen LogP contribution in [0.1, 0.15) is 41.0 Å². The lowest BCUT2D eigenvalue weighted by Crippen LogP contribution is -2.69. The first-order chi connectivity index (χ1) is 8.27. The van der Waals surface area contributed by atoms with E-state index in [4.69, 9.17) is 10.5 Å². The molecule has 5 unspecified atom stereocenters. The zero-order chi connectivity index (χ0) is 14.1. The Morgan fingerprint density at radius 2 is 2.06 bits per heavy atom. The van der Waals surface area contributed by atoms with Gasteiger partial charge in [-0.3, -0.25) is 4.79 Å². The third-order valence-electron chi connectivity index (χ3n) is 4.65. The van der Waals surface area contributed by atoms with Gasteiger partial charge in [0.1, 0.15) is 0 Å². The van der Waals surface area contributed by atoms with Gasteiger partial charge in [-0.15, -0.1) is 0 Å². The molecule has 0 aromatic rings. The lowest BCUT2D eigenvalue weighted by atomic mass is 9.58. The molecule has 4 heteroatoms. The third-order valence-corrected chi connectivity index (χ3v) is 4.65. The fourth-order valence-corrected chi connectivity index (χ4v) is 3.19. The van der Waals surface area contributed by atoms with Crippen molar-refractivity contribution >= 4 is 5.91 Å². The molecular formula is C14H28N2O2. The summed E-state index contributed by atoms with van der Waals surface area (Å²) in [5.74, 6) is 0.503. The van der Waals surface area contributed by atoms with Gasteiger partial charge in [0.15, 0.2) is 0 Å². The molecule has 5 atom stereocenters. The Labute approximate surface area is 111 Å². The number of carbonyl (C=O) groups is 1. The number of ether oxygens (including phenoxy) is 1. The van der Waals surface area contributed by atoms with Crippen LogP contribution in [0.15, 0.2) is 0 Å². The summed E-state index contributed by atoms with van der Waals surface area (Å²) in [5.41, 5.74) is 5.93. The number of amides is 1. The van der Waals surface area contributed by atoms with E-state index in [1.165, 1.54) is 0 Å². The topological polar surface area (TPSA) is 64.4 Å². The van der Waals surface area contributed by atoms with Gasteiger partial charge in [-0.05, 0) is 5.92 Å². The van der Waals surface area contributed by atoms with Crippen LogP contribution in [0.3, 0.4) is 0 Å². The number of nitrogens with one attached hydrogen (secondary N) is 1. The van der Waals surface area contributed by atoms with Crippen molar-refractivity contribution in [3.8, 4) is 0 Å². The van der Waals surface area contributed by atoms with Gasteiger partial charge in [-0.25, -0.2) is 0 Å². The van der Waals surface area contributed by atoms with E-state index >= 15 is 0 Å². The molecule has 3 N–H and O–H groups in total. The zero-order valence-electron chi connectivity index (χ0n) is 12.5. The normalized spacial score (nSPS) is 33.4. The van der Waals surface area contributed by atoms with Gasteiger partial charge in [-0.1, -0.05) is 41.0 Å².